The van der Waals surface area contributed by atoms with E-state index in [4.69, 9.17) is 4.94 Å². The summed E-state index contributed by atoms with van der Waals surface area (Å²) in [5.41, 5.74) is 0. The number of hydrogen-bond acceptors (Lipinski definition) is 5. The Hall–Kier alpha value is -1.96. The van der Waals surface area contributed by atoms with Crippen LogP contribution in [-0.4, -0.2) is 47.0 Å². The van der Waals surface area contributed by atoms with Crippen molar-refractivity contribution in [3.05, 3.63) is 24.3 Å². The van der Waals surface area contributed by atoms with Crippen LogP contribution in [0.3, 0.4) is 0 Å². The maximum Gasteiger partial charge on any atom is 0.383 e. The third-order valence-corrected chi connectivity index (χ3v) is 2.75. The smallest absolute Gasteiger partial charge is 0.222 e. The molecule has 0 aromatic heterocycles. The quantitative estimate of drug-likeness (QED) is 0.454. The number of imide groups is 2. The molecule has 0 bridgehead atoms. The molecule has 4 amide bonds. The molecule has 0 fully saturated rings. The first kappa shape index (κ1) is 11.5. The van der Waals surface area contributed by atoms with Gasteiger partial charge in [0.25, 0.3) is 0 Å². The molecule has 0 aromatic rings. The highest BCUT2D eigenvalue weighted by atomic mass is 16.9. The lowest BCUT2D eigenvalue weighted by Crippen LogP contribution is -2.62. The summed E-state index contributed by atoms with van der Waals surface area (Å²) in [5.74, 6) is -2.55. The van der Waals surface area contributed by atoms with Gasteiger partial charge in [0.2, 0.25) is 0 Å². The SMILES string of the molecule is C[N+]1(O[N+]2(C)C(=O)C=CC2=O)C(=O)C=CC1=O. The molecular weight excluding hydrogens is 228 g/mol. The summed E-state index contributed by atoms with van der Waals surface area (Å²) >= 11 is 0. The minimum Gasteiger partial charge on any atom is -0.222 e. The van der Waals surface area contributed by atoms with E-state index in [1.807, 2.05) is 0 Å². The molecule has 2 aliphatic rings. The Labute approximate surface area is 96.2 Å². The Bertz CT molecular complexity index is 435. The van der Waals surface area contributed by atoms with Crippen molar-refractivity contribution in [2.75, 3.05) is 14.1 Å². The van der Waals surface area contributed by atoms with E-state index in [-0.39, 0.29) is 0 Å². The Morgan fingerprint density at radius 3 is 1.18 bits per heavy atom. The van der Waals surface area contributed by atoms with Crippen LogP contribution in [0, 0.1) is 0 Å². The second-order valence-corrected chi connectivity index (χ2v) is 3.95. The number of rotatable bonds is 2. The average molecular weight is 238 g/mol. The van der Waals surface area contributed by atoms with Crippen LogP contribution in [0.15, 0.2) is 24.3 Å². The van der Waals surface area contributed by atoms with Crippen LogP contribution >= 0.6 is 0 Å². The number of hydroxylamine groups is 6. The molecule has 0 saturated carbocycles. The molecule has 2 rings (SSSR count). The number of carbonyl (C=O) groups excluding carboxylic acids is 4. The second kappa shape index (κ2) is 3.27. The molecule has 7 nitrogen and oxygen atoms in total. The van der Waals surface area contributed by atoms with Crippen LogP contribution in [0.5, 0.6) is 0 Å². The van der Waals surface area contributed by atoms with E-state index in [2.05, 4.69) is 0 Å². The predicted octanol–water partition coefficient (Wildman–Crippen LogP) is -1.03. The first-order chi connectivity index (χ1) is 7.80. The van der Waals surface area contributed by atoms with E-state index in [0.717, 1.165) is 24.3 Å². The van der Waals surface area contributed by atoms with Crippen LogP contribution in [-0.2, 0) is 24.1 Å². The van der Waals surface area contributed by atoms with Crippen molar-refractivity contribution >= 4 is 23.6 Å². The Balaban J connectivity index is 2.34. The minimum atomic E-state index is -1.07. The van der Waals surface area contributed by atoms with Crippen molar-refractivity contribution in [1.82, 2.24) is 0 Å². The Kier molecular flexibility index (Phi) is 2.21. The Morgan fingerprint density at radius 2 is 0.941 bits per heavy atom. The fraction of sp³-hybridized carbons (Fsp3) is 0.200. The topological polar surface area (TPSA) is 77.5 Å². The van der Waals surface area contributed by atoms with Gasteiger partial charge in [0.15, 0.2) is 0 Å². The second-order valence-electron chi connectivity index (χ2n) is 3.95. The fourth-order valence-corrected chi connectivity index (χ4v) is 1.56. The highest BCUT2D eigenvalue weighted by Crippen LogP contribution is 2.24. The largest absolute Gasteiger partial charge is 0.383 e. The third kappa shape index (κ3) is 1.41. The summed E-state index contributed by atoms with van der Waals surface area (Å²) < 4.78 is -2.15. The standard InChI is InChI=1S/C10H10N2O5/c1-11(7(13)3-4-8(11)14)17-12(2)9(15)5-6-10(12)16/h3-6H,1-2H3/q+2. The normalized spacial score (nSPS) is 25.1. The summed E-state index contributed by atoms with van der Waals surface area (Å²) in [5, 5.41) is 0. The zero-order valence-electron chi connectivity index (χ0n) is 9.25. The summed E-state index contributed by atoms with van der Waals surface area (Å²) in [6, 6.07) is 0. The molecule has 17 heavy (non-hydrogen) atoms. The molecule has 0 saturated heterocycles. The van der Waals surface area contributed by atoms with Gasteiger partial charge in [0.1, 0.15) is 14.1 Å². The fourth-order valence-electron chi connectivity index (χ4n) is 1.56. The lowest BCUT2D eigenvalue weighted by Gasteiger charge is -2.26. The monoisotopic (exact) mass is 238 g/mol. The van der Waals surface area contributed by atoms with Gasteiger partial charge in [-0.05, 0) is 0 Å². The number of hydrogen-bond donors (Lipinski definition) is 0. The summed E-state index contributed by atoms with van der Waals surface area (Å²) in [7, 11) is 2.38. The molecule has 0 aromatic carbocycles. The summed E-state index contributed by atoms with van der Waals surface area (Å²) in [4.78, 5) is 51.3. The first-order valence-corrected chi connectivity index (χ1v) is 4.79. The van der Waals surface area contributed by atoms with E-state index in [1.165, 1.54) is 14.1 Å². The number of carbonyl (C=O) groups is 4. The maximum absolute atomic E-state index is 11.5. The average Bonchev–Trinajstić information content (AvgIpc) is 2.65. The van der Waals surface area contributed by atoms with E-state index in [0.29, 0.717) is 0 Å². The van der Waals surface area contributed by atoms with Crippen molar-refractivity contribution in [1.29, 1.82) is 0 Å². The van der Waals surface area contributed by atoms with Crippen LogP contribution in [0.2, 0.25) is 0 Å². The Morgan fingerprint density at radius 1 is 0.706 bits per heavy atom. The predicted molar refractivity (Wildman–Crippen MR) is 51.8 cm³/mol. The molecule has 7 heteroatoms. The number of quaternary nitrogens is 2. The maximum atomic E-state index is 11.5. The van der Waals surface area contributed by atoms with E-state index < -0.39 is 32.9 Å². The van der Waals surface area contributed by atoms with Crippen LogP contribution in [0.1, 0.15) is 0 Å². The van der Waals surface area contributed by atoms with Gasteiger partial charge in [-0.25, -0.2) is 19.2 Å². The molecule has 2 heterocycles. The third-order valence-electron chi connectivity index (χ3n) is 2.75. The highest BCUT2D eigenvalue weighted by molar-refractivity contribution is 6.04. The molecule has 0 spiro atoms. The molecule has 0 atom stereocenters. The molecule has 0 unspecified atom stereocenters. The molecular formula is C10H10N2O5+2. The van der Waals surface area contributed by atoms with Crippen molar-refractivity contribution in [3.63, 3.8) is 0 Å². The van der Waals surface area contributed by atoms with Gasteiger partial charge in [-0.2, -0.15) is 0 Å². The van der Waals surface area contributed by atoms with E-state index >= 15 is 0 Å². The summed E-state index contributed by atoms with van der Waals surface area (Å²) in [6.45, 7) is 0. The lowest BCUT2D eigenvalue weighted by molar-refractivity contribution is -1.22. The van der Waals surface area contributed by atoms with Crippen molar-refractivity contribution in [2.24, 2.45) is 0 Å². The number of likely N-dealkylation sites (N-methyl/N-ethyl adjacent to an activating group) is 2. The lowest BCUT2D eigenvalue weighted by atomic mass is 10.6. The van der Waals surface area contributed by atoms with E-state index in [9.17, 15) is 19.2 Å². The van der Waals surface area contributed by atoms with Crippen LogP contribution in [0.25, 0.3) is 0 Å². The molecule has 2 aliphatic heterocycles. The van der Waals surface area contributed by atoms with Crippen LogP contribution in [0.4, 0.5) is 0 Å². The zero-order chi connectivity index (χ0) is 12.8. The molecule has 88 valence electrons. The number of amides is 4. The van der Waals surface area contributed by atoms with Gasteiger partial charge in [0, 0.05) is 14.2 Å². The van der Waals surface area contributed by atoms with Gasteiger partial charge >= 0.3 is 23.6 Å². The first-order valence-electron chi connectivity index (χ1n) is 4.79. The van der Waals surface area contributed by atoms with Crippen molar-refractivity contribution < 1.29 is 33.4 Å². The minimum absolute atomic E-state index is 0.637. The highest BCUT2D eigenvalue weighted by Gasteiger charge is 2.58. The van der Waals surface area contributed by atoms with E-state index in [1.54, 1.807) is 0 Å². The van der Waals surface area contributed by atoms with Crippen molar-refractivity contribution in [3.8, 4) is 0 Å². The van der Waals surface area contributed by atoms with Gasteiger partial charge < -0.3 is 0 Å². The van der Waals surface area contributed by atoms with Gasteiger partial charge in [-0.3, -0.25) is 0 Å². The van der Waals surface area contributed by atoms with Crippen molar-refractivity contribution in [2.45, 2.75) is 0 Å². The molecule has 0 radical (unpaired) electrons. The molecule has 0 N–H and O–H groups in total. The van der Waals surface area contributed by atoms with Gasteiger partial charge in [-0.15, -0.1) is 0 Å². The molecule has 0 aliphatic carbocycles. The number of nitrogens with zero attached hydrogens (tertiary/aromatic N) is 2. The summed E-state index contributed by atoms with van der Waals surface area (Å²) in [6.07, 6.45) is 4.19. The van der Waals surface area contributed by atoms with Crippen LogP contribution < -0.4 is 0 Å². The zero-order valence-corrected chi connectivity index (χ0v) is 9.25. The van der Waals surface area contributed by atoms with Gasteiger partial charge in [-0.1, -0.05) is 0 Å². The van der Waals surface area contributed by atoms with Gasteiger partial charge in [0.05, 0.1) is 24.3 Å².